The number of hydrogen-bond acceptors (Lipinski definition) is 3. The fourth-order valence-corrected chi connectivity index (χ4v) is 3.52. The summed E-state index contributed by atoms with van der Waals surface area (Å²) in [4.78, 5) is 29.4. The second kappa shape index (κ2) is 7.52. The minimum Gasteiger partial charge on any atom is -0.508 e. The van der Waals surface area contributed by atoms with E-state index in [1.165, 1.54) is 0 Å². The summed E-state index contributed by atoms with van der Waals surface area (Å²) in [6.45, 7) is 7.54. The number of hydrogen-bond donors (Lipinski definition) is 1. The van der Waals surface area contributed by atoms with Crippen molar-refractivity contribution in [2.75, 3.05) is 19.6 Å². The summed E-state index contributed by atoms with van der Waals surface area (Å²) in [7, 11) is 0. The van der Waals surface area contributed by atoms with Crippen LogP contribution in [0.3, 0.4) is 0 Å². The van der Waals surface area contributed by atoms with Gasteiger partial charge in [0.15, 0.2) is 0 Å². The molecular formula is C21H28N2O3. The van der Waals surface area contributed by atoms with E-state index in [4.69, 9.17) is 0 Å². The molecule has 1 atom stereocenters. The lowest BCUT2D eigenvalue weighted by molar-refractivity contribution is -0.131. The first kappa shape index (κ1) is 18.5. The minimum atomic E-state index is -0.0221. The Bertz CT molecular complexity index is 737. The van der Waals surface area contributed by atoms with Gasteiger partial charge in [-0.3, -0.25) is 9.59 Å². The Kier molecular flexibility index (Phi) is 5.35. The van der Waals surface area contributed by atoms with Gasteiger partial charge in [0, 0.05) is 31.3 Å². The number of piperazine rings is 1. The average Bonchev–Trinajstić information content (AvgIpc) is 3.47. The molecule has 1 saturated heterocycles. The first-order valence-corrected chi connectivity index (χ1v) is 9.47. The van der Waals surface area contributed by atoms with Crippen molar-refractivity contribution in [1.29, 1.82) is 0 Å². The predicted molar refractivity (Wildman–Crippen MR) is 101 cm³/mol. The average molecular weight is 356 g/mol. The standard InChI is InChI=1S/C21H28N2O3/c1-4-14(2)11-20(25)23-10-9-22(13-18(23)16-5-6-16)21(26)17-7-8-19(24)15(3)12-17/h7-8,11-12,16,18,24H,4-6,9-10,13H2,1-3H3/b14-11+. The van der Waals surface area contributed by atoms with E-state index in [0.717, 1.165) is 24.8 Å². The molecule has 140 valence electrons. The molecule has 0 radical (unpaired) electrons. The molecule has 1 aromatic carbocycles. The molecule has 2 aliphatic rings. The third-order valence-electron chi connectivity index (χ3n) is 5.53. The molecular weight excluding hydrogens is 328 g/mol. The number of nitrogens with zero attached hydrogens (tertiary/aromatic N) is 2. The summed E-state index contributed by atoms with van der Waals surface area (Å²) in [6, 6.07) is 5.08. The predicted octanol–water partition coefficient (Wildman–Crippen LogP) is 3.12. The number of carbonyl (C=O) groups excluding carboxylic acids is 2. The van der Waals surface area contributed by atoms with E-state index in [2.05, 4.69) is 0 Å². The van der Waals surface area contributed by atoms with Crippen molar-refractivity contribution in [3.05, 3.63) is 41.0 Å². The Morgan fingerprint density at radius 3 is 2.62 bits per heavy atom. The first-order chi connectivity index (χ1) is 12.4. The molecule has 1 aromatic rings. The molecule has 1 N–H and O–H groups in total. The largest absolute Gasteiger partial charge is 0.508 e. The van der Waals surface area contributed by atoms with E-state index < -0.39 is 0 Å². The number of phenolic OH excluding ortho intramolecular Hbond substituents is 1. The summed E-state index contributed by atoms with van der Waals surface area (Å²) in [6.07, 6.45) is 4.88. The normalized spacial score (nSPS) is 21.0. The molecule has 1 saturated carbocycles. The highest BCUT2D eigenvalue weighted by atomic mass is 16.3. The van der Waals surface area contributed by atoms with Gasteiger partial charge in [-0.2, -0.15) is 0 Å². The Morgan fingerprint density at radius 1 is 1.27 bits per heavy atom. The summed E-state index contributed by atoms with van der Waals surface area (Å²) < 4.78 is 0. The molecule has 5 heteroatoms. The van der Waals surface area contributed by atoms with Crippen molar-refractivity contribution in [2.45, 2.75) is 46.1 Å². The number of amides is 2. The van der Waals surface area contributed by atoms with Crippen LogP contribution in [0.1, 0.15) is 49.0 Å². The molecule has 2 amide bonds. The third-order valence-corrected chi connectivity index (χ3v) is 5.53. The second-order valence-electron chi connectivity index (χ2n) is 7.53. The summed E-state index contributed by atoms with van der Waals surface area (Å²) in [5.74, 6) is 0.761. The number of aromatic hydroxyl groups is 1. The van der Waals surface area contributed by atoms with E-state index in [1.54, 1.807) is 31.2 Å². The number of aryl methyl sites for hydroxylation is 1. The van der Waals surface area contributed by atoms with Gasteiger partial charge in [0.25, 0.3) is 5.91 Å². The Hall–Kier alpha value is -2.30. The van der Waals surface area contributed by atoms with E-state index in [-0.39, 0.29) is 23.6 Å². The number of carbonyl (C=O) groups is 2. The number of rotatable bonds is 4. The lowest BCUT2D eigenvalue weighted by Crippen LogP contribution is -2.57. The molecule has 0 aromatic heterocycles. The van der Waals surface area contributed by atoms with Crippen LogP contribution in [0, 0.1) is 12.8 Å². The molecule has 0 bridgehead atoms. The van der Waals surface area contributed by atoms with Gasteiger partial charge in [0.05, 0.1) is 6.04 Å². The van der Waals surface area contributed by atoms with Crippen LogP contribution in [0.4, 0.5) is 0 Å². The second-order valence-corrected chi connectivity index (χ2v) is 7.53. The van der Waals surface area contributed by atoms with E-state index >= 15 is 0 Å². The van der Waals surface area contributed by atoms with Crippen LogP contribution in [-0.4, -0.2) is 52.4 Å². The number of benzene rings is 1. The minimum absolute atomic E-state index is 0.0221. The lowest BCUT2D eigenvalue weighted by Gasteiger charge is -2.41. The molecule has 1 unspecified atom stereocenters. The first-order valence-electron chi connectivity index (χ1n) is 9.47. The Balaban J connectivity index is 1.74. The summed E-state index contributed by atoms with van der Waals surface area (Å²) in [5, 5.41) is 9.67. The monoisotopic (exact) mass is 356 g/mol. The van der Waals surface area contributed by atoms with E-state index in [0.29, 0.717) is 36.7 Å². The van der Waals surface area contributed by atoms with Crippen LogP contribution < -0.4 is 0 Å². The van der Waals surface area contributed by atoms with Crippen molar-refractivity contribution < 1.29 is 14.7 Å². The highest BCUT2D eigenvalue weighted by Gasteiger charge is 2.41. The Labute approximate surface area is 155 Å². The van der Waals surface area contributed by atoms with Gasteiger partial charge in [-0.25, -0.2) is 0 Å². The maximum absolute atomic E-state index is 12.9. The van der Waals surface area contributed by atoms with Gasteiger partial charge in [-0.1, -0.05) is 12.5 Å². The fraction of sp³-hybridized carbons (Fsp3) is 0.524. The quantitative estimate of drug-likeness (QED) is 0.843. The van der Waals surface area contributed by atoms with Gasteiger partial charge in [0.2, 0.25) is 5.91 Å². The highest BCUT2D eigenvalue weighted by Crippen LogP contribution is 2.37. The zero-order valence-electron chi connectivity index (χ0n) is 15.9. The van der Waals surface area contributed by atoms with Crippen molar-refractivity contribution in [2.24, 2.45) is 5.92 Å². The number of phenols is 1. The molecule has 1 heterocycles. The molecule has 1 aliphatic heterocycles. The maximum Gasteiger partial charge on any atom is 0.253 e. The zero-order chi connectivity index (χ0) is 18.8. The van der Waals surface area contributed by atoms with Crippen molar-refractivity contribution in [3.8, 4) is 5.75 Å². The number of allylic oxidation sites excluding steroid dienone is 1. The van der Waals surface area contributed by atoms with Crippen LogP contribution in [0.15, 0.2) is 29.8 Å². The molecule has 5 nitrogen and oxygen atoms in total. The van der Waals surface area contributed by atoms with Gasteiger partial charge in [-0.15, -0.1) is 0 Å². The third kappa shape index (κ3) is 3.92. The topological polar surface area (TPSA) is 60.9 Å². The van der Waals surface area contributed by atoms with Crippen LogP contribution >= 0.6 is 0 Å². The molecule has 1 aliphatic carbocycles. The van der Waals surface area contributed by atoms with Crippen molar-refractivity contribution in [1.82, 2.24) is 9.80 Å². The molecule has 3 rings (SSSR count). The van der Waals surface area contributed by atoms with Gasteiger partial charge >= 0.3 is 0 Å². The SMILES string of the molecule is CC/C(C)=C/C(=O)N1CCN(C(=O)c2ccc(O)c(C)c2)CC1C1CC1. The summed E-state index contributed by atoms with van der Waals surface area (Å²) >= 11 is 0. The van der Waals surface area contributed by atoms with Crippen LogP contribution in [-0.2, 0) is 4.79 Å². The van der Waals surface area contributed by atoms with Crippen molar-refractivity contribution >= 4 is 11.8 Å². The van der Waals surface area contributed by atoms with Crippen LogP contribution in [0.2, 0.25) is 0 Å². The van der Waals surface area contributed by atoms with Gasteiger partial charge in [0.1, 0.15) is 5.75 Å². The lowest BCUT2D eigenvalue weighted by atomic mass is 10.0. The van der Waals surface area contributed by atoms with Crippen LogP contribution in [0.25, 0.3) is 0 Å². The van der Waals surface area contributed by atoms with E-state index in [9.17, 15) is 14.7 Å². The van der Waals surface area contributed by atoms with Gasteiger partial charge in [-0.05, 0) is 62.8 Å². The Morgan fingerprint density at radius 2 is 2.00 bits per heavy atom. The van der Waals surface area contributed by atoms with Crippen LogP contribution in [0.5, 0.6) is 5.75 Å². The van der Waals surface area contributed by atoms with E-state index in [1.807, 2.05) is 23.6 Å². The van der Waals surface area contributed by atoms with Crippen molar-refractivity contribution in [3.63, 3.8) is 0 Å². The smallest absolute Gasteiger partial charge is 0.253 e. The van der Waals surface area contributed by atoms with Gasteiger partial charge < -0.3 is 14.9 Å². The molecule has 2 fully saturated rings. The maximum atomic E-state index is 12.9. The molecule has 0 spiro atoms. The zero-order valence-corrected chi connectivity index (χ0v) is 15.9. The fourth-order valence-electron chi connectivity index (χ4n) is 3.52. The highest BCUT2D eigenvalue weighted by molar-refractivity contribution is 5.95. The summed E-state index contributed by atoms with van der Waals surface area (Å²) in [5.41, 5.74) is 2.38. The molecule has 26 heavy (non-hydrogen) atoms.